The number of benzene rings is 2. The summed E-state index contributed by atoms with van der Waals surface area (Å²) >= 11 is 1.88. The van der Waals surface area contributed by atoms with E-state index in [2.05, 4.69) is 0 Å². The van der Waals surface area contributed by atoms with E-state index in [0.29, 0.717) is 14.5 Å². The lowest BCUT2D eigenvalue weighted by molar-refractivity contribution is -0.137. The Bertz CT molecular complexity index is 1100. The number of para-hydroxylation sites is 1. The van der Waals surface area contributed by atoms with E-state index in [9.17, 15) is 18.0 Å². The molecule has 0 saturated heterocycles. The van der Waals surface area contributed by atoms with E-state index in [1.807, 2.05) is 22.6 Å². The van der Waals surface area contributed by atoms with Crippen molar-refractivity contribution < 1.29 is 22.7 Å². The van der Waals surface area contributed by atoms with Gasteiger partial charge in [-0.2, -0.15) is 0 Å². The summed E-state index contributed by atoms with van der Waals surface area (Å²) in [6.45, 7) is 1.60. The van der Waals surface area contributed by atoms with Crippen molar-refractivity contribution in [1.82, 2.24) is 3.97 Å². The molecule has 0 aliphatic heterocycles. The Balaban J connectivity index is 2.36. The summed E-state index contributed by atoms with van der Waals surface area (Å²) < 4.78 is 32.5. The third-order valence-corrected chi connectivity index (χ3v) is 6.55. The number of fused-ring (bicyclic) bond motifs is 1. The number of halogens is 1. The van der Waals surface area contributed by atoms with E-state index in [1.165, 1.54) is 12.1 Å². The zero-order chi connectivity index (χ0) is 18.9. The first-order chi connectivity index (χ1) is 12.4. The second-order valence-corrected chi connectivity index (χ2v) is 8.18. The molecule has 3 rings (SSSR count). The van der Waals surface area contributed by atoms with E-state index in [4.69, 9.17) is 4.74 Å². The van der Waals surface area contributed by atoms with Gasteiger partial charge in [-0.1, -0.05) is 36.4 Å². The van der Waals surface area contributed by atoms with Crippen molar-refractivity contribution in [3.05, 3.63) is 63.9 Å². The summed E-state index contributed by atoms with van der Waals surface area (Å²) in [5.41, 5.74) is 0.113. The number of carbonyl (C=O) groups excluding carboxylic acids is 2. The zero-order valence-electron chi connectivity index (χ0n) is 13.7. The van der Waals surface area contributed by atoms with Crippen LogP contribution in [-0.4, -0.2) is 30.7 Å². The number of Topliss-reactive ketones (excluding diaryl/α,β-unsaturated/α-hetero) is 1. The van der Waals surface area contributed by atoms with Gasteiger partial charge in [-0.05, 0) is 47.7 Å². The van der Waals surface area contributed by atoms with E-state index in [-0.39, 0.29) is 17.2 Å². The summed E-state index contributed by atoms with van der Waals surface area (Å²) in [5, 5.41) is 0.570. The van der Waals surface area contributed by atoms with E-state index in [1.54, 1.807) is 49.4 Å². The standard InChI is InChI=1S/C18H14INO5S/c1-2-25-18(22)17(21)16-15(19)13-10-6-7-11-14(13)20(16)26(23,24)12-8-4-3-5-9-12/h3-11H,2H2,1H3. The molecular weight excluding hydrogens is 469 g/mol. The minimum absolute atomic E-state index is 0.0207. The van der Waals surface area contributed by atoms with Gasteiger partial charge in [-0.25, -0.2) is 17.2 Å². The van der Waals surface area contributed by atoms with Gasteiger partial charge in [0, 0.05) is 5.39 Å². The molecule has 0 aliphatic rings. The first-order valence-electron chi connectivity index (χ1n) is 7.70. The van der Waals surface area contributed by atoms with Crippen LogP contribution in [0.15, 0.2) is 59.5 Å². The quantitative estimate of drug-likeness (QED) is 0.241. The van der Waals surface area contributed by atoms with Crippen molar-refractivity contribution in [2.45, 2.75) is 11.8 Å². The molecule has 0 unspecified atom stereocenters. The topological polar surface area (TPSA) is 82.4 Å². The molecule has 0 spiro atoms. The molecule has 1 aromatic heterocycles. The van der Waals surface area contributed by atoms with E-state index < -0.39 is 21.8 Å². The number of ether oxygens (including phenoxy) is 1. The van der Waals surface area contributed by atoms with Crippen molar-refractivity contribution in [1.29, 1.82) is 0 Å². The molecule has 8 heteroatoms. The van der Waals surface area contributed by atoms with Crippen molar-refractivity contribution >= 4 is 55.3 Å². The van der Waals surface area contributed by atoms with Crippen LogP contribution in [0.1, 0.15) is 17.4 Å². The number of nitrogens with zero attached hydrogens (tertiary/aromatic N) is 1. The summed E-state index contributed by atoms with van der Waals surface area (Å²) in [6, 6.07) is 14.5. The van der Waals surface area contributed by atoms with Crippen LogP contribution in [0, 0.1) is 3.57 Å². The third kappa shape index (κ3) is 3.03. The Hall–Kier alpha value is -2.20. The molecule has 0 N–H and O–H groups in total. The van der Waals surface area contributed by atoms with Crippen molar-refractivity contribution in [2.75, 3.05) is 6.61 Å². The molecule has 6 nitrogen and oxygen atoms in total. The fraction of sp³-hybridized carbons (Fsp3) is 0.111. The molecule has 1 heterocycles. The molecule has 0 amide bonds. The van der Waals surface area contributed by atoms with Crippen LogP contribution < -0.4 is 0 Å². The van der Waals surface area contributed by atoms with Gasteiger partial charge in [0.05, 0.1) is 20.6 Å². The highest BCUT2D eigenvalue weighted by molar-refractivity contribution is 14.1. The predicted molar refractivity (Wildman–Crippen MR) is 105 cm³/mol. The van der Waals surface area contributed by atoms with Gasteiger partial charge >= 0.3 is 5.97 Å². The number of aromatic nitrogens is 1. The summed E-state index contributed by atoms with van der Waals surface area (Å²) in [6.07, 6.45) is 0. The van der Waals surface area contributed by atoms with Crippen LogP contribution in [0.4, 0.5) is 0 Å². The molecule has 3 aromatic rings. The number of carbonyl (C=O) groups is 2. The first-order valence-corrected chi connectivity index (χ1v) is 10.2. The zero-order valence-corrected chi connectivity index (χ0v) is 16.7. The highest BCUT2D eigenvalue weighted by Crippen LogP contribution is 2.31. The minimum Gasteiger partial charge on any atom is -0.460 e. The molecule has 0 fully saturated rings. The largest absolute Gasteiger partial charge is 0.460 e. The average Bonchev–Trinajstić information content (AvgIpc) is 2.95. The lowest BCUT2D eigenvalue weighted by Crippen LogP contribution is -2.25. The van der Waals surface area contributed by atoms with E-state index >= 15 is 0 Å². The van der Waals surface area contributed by atoms with Gasteiger partial charge in [0.1, 0.15) is 5.69 Å². The summed E-state index contributed by atoms with van der Waals surface area (Å²) in [4.78, 5) is 24.7. The Labute approximate surface area is 164 Å². The normalized spacial score (nSPS) is 11.5. The third-order valence-electron chi connectivity index (χ3n) is 3.73. The van der Waals surface area contributed by atoms with Crippen LogP contribution in [0.25, 0.3) is 10.9 Å². The Morgan fingerprint density at radius 2 is 1.65 bits per heavy atom. The SMILES string of the molecule is CCOC(=O)C(=O)c1c(I)c2ccccc2n1S(=O)(=O)c1ccccc1. The first kappa shape index (κ1) is 18.6. The smallest absolute Gasteiger partial charge is 0.381 e. The Kier molecular flexibility index (Phi) is 5.15. The maximum absolute atomic E-state index is 13.2. The Morgan fingerprint density at radius 3 is 2.31 bits per heavy atom. The number of esters is 1. The lowest BCUT2D eigenvalue weighted by Gasteiger charge is -2.11. The van der Waals surface area contributed by atoms with Gasteiger partial charge in [0.2, 0.25) is 0 Å². The highest BCUT2D eigenvalue weighted by Gasteiger charge is 2.33. The highest BCUT2D eigenvalue weighted by atomic mass is 127. The molecule has 0 bridgehead atoms. The number of hydrogen-bond acceptors (Lipinski definition) is 5. The maximum Gasteiger partial charge on any atom is 0.381 e. The van der Waals surface area contributed by atoms with Crippen LogP contribution in [0.5, 0.6) is 0 Å². The number of ketones is 1. The molecular formula is C18H14INO5S. The van der Waals surface area contributed by atoms with Gasteiger partial charge in [0.25, 0.3) is 15.8 Å². The van der Waals surface area contributed by atoms with Crippen molar-refractivity contribution in [3.63, 3.8) is 0 Å². The lowest BCUT2D eigenvalue weighted by atomic mass is 10.2. The molecule has 0 aliphatic carbocycles. The fourth-order valence-corrected chi connectivity index (χ4v) is 5.26. The van der Waals surface area contributed by atoms with E-state index in [0.717, 1.165) is 3.97 Å². The monoisotopic (exact) mass is 483 g/mol. The van der Waals surface area contributed by atoms with Gasteiger partial charge in [-0.15, -0.1) is 0 Å². The van der Waals surface area contributed by atoms with Crippen LogP contribution in [0.3, 0.4) is 0 Å². The second-order valence-electron chi connectivity index (χ2n) is 5.31. The molecule has 26 heavy (non-hydrogen) atoms. The fourth-order valence-electron chi connectivity index (χ4n) is 2.61. The molecule has 134 valence electrons. The van der Waals surface area contributed by atoms with Crippen molar-refractivity contribution in [3.8, 4) is 0 Å². The minimum atomic E-state index is -4.09. The Morgan fingerprint density at radius 1 is 1.04 bits per heavy atom. The molecule has 0 radical (unpaired) electrons. The number of rotatable bonds is 5. The molecule has 0 atom stereocenters. The molecule has 2 aromatic carbocycles. The van der Waals surface area contributed by atoms with Crippen LogP contribution in [-0.2, 0) is 19.6 Å². The van der Waals surface area contributed by atoms with Crippen LogP contribution >= 0.6 is 22.6 Å². The van der Waals surface area contributed by atoms with Gasteiger partial charge < -0.3 is 4.74 Å². The summed E-state index contributed by atoms with van der Waals surface area (Å²) in [5.74, 6) is -2.08. The maximum atomic E-state index is 13.2. The molecule has 0 saturated carbocycles. The second kappa shape index (κ2) is 7.20. The van der Waals surface area contributed by atoms with Gasteiger partial charge in [0.15, 0.2) is 0 Å². The van der Waals surface area contributed by atoms with Gasteiger partial charge in [-0.3, -0.25) is 4.79 Å². The number of hydrogen-bond donors (Lipinski definition) is 0. The van der Waals surface area contributed by atoms with Crippen LogP contribution in [0.2, 0.25) is 0 Å². The van der Waals surface area contributed by atoms with Crippen molar-refractivity contribution in [2.24, 2.45) is 0 Å². The average molecular weight is 483 g/mol. The summed E-state index contributed by atoms with van der Waals surface area (Å²) in [7, 11) is -4.09. The predicted octanol–water partition coefficient (Wildman–Crippen LogP) is 3.23.